The molecule has 18 unspecified atom stereocenters. The number of hydrogen-bond acceptors (Lipinski definition) is 15. The summed E-state index contributed by atoms with van der Waals surface area (Å²) in [6.07, 6.45) is 14.3. The molecule has 0 aromatic heterocycles. The van der Waals surface area contributed by atoms with E-state index < -0.39 is 156 Å². The van der Waals surface area contributed by atoms with E-state index in [1.807, 2.05) is 74.5 Å². The first-order chi connectivity index (χ1) is 51.1. The third-order valence-electron chi connectivity index (χ3n) is 24.5. The SMILES string of the molecule is CC=CCC(C)C(O)C1C(=O)NC(CC)C(=O)N(C)CC(=O)N(C)C(CC(C)C)C(=O)NC(C(C)C)C(=O)N(C)C(CC(C)C)C(=O)NC(C)C(=O)NC(C)C(=O)N(C)C(CC(C)C)C(=O)N(C)C(CC(C)C)C(=O)N(C)C(C(C)C)C(=O)N1C.CCC(=O)OC1CCC2C3CCC4=CC(=O)CCC4(C)C3CCC12C. The van der Waals surface area contributed by atoms with Gasteiger partial charge in [-0.15, -0.1) is 0 Å². The number of rotatable bonds is 17. The third-order valence-corrected chi connectivity index (χ3v) is 24.5. The van der Waals surface area contributed by atoms with Gasteiger partial charge in [0.2, 0.25) is 65.0 Å². The molecule has 5 aliphatic rings. The molecule has 624 valence electrons. The van der Waals surface area contributed by atoms with E-state index >= 15 is 9.59 Å². The molecule has 0 spiro atoms. The molecule has 110 heavy (non-hydrogen) atoms. The van der Waals surface area contributed by atoms with E-state index in [1.165, 1.54) is 113 Å². The number of hydrogen-bond donors (Lipinski definition) is 5. The number of amides is 11. The van der Waals surface area contributed by atoms with Gasteiger partial charge in [-0.25, -0.2) is 0 Å². The molecule has 26 nitrogen and oxygen atoms in total. The first-order valence-electron chi connectivity index (χ1n) is 40.9. The molecular weight excluding hydrogens is 1400 g/mol. The zero-order valence-corrected chi connectivity index (χ0v) is 72.0. The number of fused-ring (bicyclic) bond motifs is 5. The number of nitrogens with one attached hydrogen (secondary N) is 4. The Labute approximate surface area is 658 Å². The molecule has 0 bridgehead atoms. The van der Waals surface area contributed by atoms with Crippen LogP contribution in [0.2, 0.25) is 0 Å². The van der Waals surface area contributed by atoms with E-state index in [4.69, 9.17) is 4.74 Å². The van der Waals surface area contributed by atoms with Gasteiger partial charge in [0.1, 0.15) is 66.5 Å². The van der Waals surface area contributed by atoms with Crippen molar-refractivity contribution in [3.63, 3.8) is 0 Å². The molecule has 1 aliphatic heterocycles. The second-order valence-electron chi connectivity index (χ2n) is 35.5. The predicted octanol–water partition coefficient (Wildman–Crippen LogP) is 8.11. The van der Waals surface area contributed by atoms with Crippen LogP contribution in [0.25, 0.3) is 0 Å². The Balaban J connectivity index is 0.000000843. The monoisotopic (exact) mass is 1550 g/mol. The fourth-order valence-corrected chi connectivity index (χ4v) is 17.6. The summed E-state index contributed by atoms with van der Waals surface area (Å²) in [4.78, 5) is 192. The average molecular weight is 1550 g/mol. The summed E-state index contributed by atoms with van der Waals surface area (Å²) in [5, 5.41) is 23.1. The van der Waals surface area contributed by atoms with Gasteiger partial charge in [-0.3, -0.25) is 62.3 Å². The van der Waals surface area contributed by atoms with Gasteiger partial charge in [-0.2, -0.15) is 0 Å². The van der Waals surface area contributed by atoms with Crippen LogP contribution in [-0.2, 0) is 67.1 Å². The van der Waals surface area contributed by atoms with E-state index in [0.717, 1.165) is 47.8 Å². The van der Waals surface area contributed by atoms with Crippen LogP contribution < -0.4 is 21.3 Å². The molecule has 18 atom stereocenters. The minimum Gasteiger partial charge on any atom is -0.462 e. The molecule has 4 aliphatic carbocycles. The van der Waals surface area contributed by atoms with Crippen LogP contribution >= 0.6 is 0 Å². The zero-order chi connectivity index (χ0) is 83.8. The highest BCUT2D eigenvalue weighted by Crippen LogP contribution is 2.65. The Morgan fingerprint density at radius 1 is 0.536 bits per heavy atom. The second kappa shape index (κ2) is 41.5. The number of ether oxygens (including phenoxy) is 1. The largest absolute Gasteiger partial charge is 0.462 e. The number of ketones is 1. The Bertz CT molecular complexity index is 3300. The van der Waals surface area contributed by atoms with Crippen LogP contribution in [0.15, 0.2) is 23.8 Å². The van der Waals surface area contributed by atoms with Crippen LogP contribution in [-0.4, -0.2) is 245 Å². The lowest BCUT2D eigenvalue weighted by atomic mass is 9.47. The number of carbonyl (C=O) groups excluding carboxylic acids is 13. The Kier molecular flexibility index (Phi) is 35.9. The maximum atomic E-state index is 15.1. The molecule has 5 N–H and O–H groups in total. The van der Waals surface area contributed by atoms with E-state index in [1.54, 1.807) is 54.5 Å². The van der Waals surface area contributed by atoms with E-state index in [0.29, 0.717) is 30.5 Å². The third kappa shape index (κ3) is 23.5. The van der Waals surface area contributed by atoms with E-state index in [-0.39, 0.29) is 78.7 Å². The molecule has 1 saturated heterocycles. The van der Waals surface area contributed by atoms with Crippen molar-refractivity contribution in [3.05, 3.63) is 23.8 Å². The van der Waals surface area contributed by atoms with Crippen LogP contribution in [0.1, 0.15) is 235 Å². The number of likely N-dealkylation sites (N-methyl/N-ethyl adjacent to an activating group) is 7. The van der Waals surface area contributed by atoms with E-state index in [2.05, 4.69) is 35.1 Å². The van der Waals surface area contributed by atoms with Crippen molar-refractivity contribution in [2.45, 2.75) is 307 Å². The summed E-state index contributed by atoms with van der Waals surface area (Å²) in [5.74, 6) is -7.30. The summed E-state index contributed by atoms with van der Waals surface area (Å²) >= 11 is 0. The van der Waals surface area contributed by atoms with Gasteiger partial charge in [0.15, 0.2) is 5.78 Å². The number of allylic oxidation sites excluding steroid dienone is 3. The molecule has 0 aromatic rings. The van der Waals surface area contributed by atoms with Crippen molar-refractivity contribution in [1.82, 2.24) is 55.6 Å². The number of esters is 1. The molecule has 26 heteroatoms. The minimum atomic E-state index is -1.61. The Hall–Kier alpha value is -7.25. The van der Waals surface area contributed by atoms with Gasteiger partial charge in [-0.1, -0.05) is 135 Å². The first kappa shape index (κ1) is 95.1. The van der Waals surface area contributed by atoms with Crippen molar-refractivity contribution < 1.29 is 72.2 Å². The maximum absolute atomic E-state index is 15.1. The van der Waals surface area contributed by atoms with E-state index in [9.17, 15) is 57.8 Å². The lowest BCUT2D eigenvalue weighted by molar-refractivity contribution is -0.159. The lowest BCUT2D eigenvalue weighted by Crippen LogP contribution is -2.63. The van der Waals surface area contributed by atoms with Crippen molar-refractivity contribution >= 4 is 76.7 Å². The number of aliphatic hydroxyl groups is 1. The Morgan fingerprint density at radius 2 is 1.04 bits per heavy atom. The topological polar surface area (TPSA) is 322 Å². The molecule has 4 fully saturated rings. The van der Waals surface area contributed by atoms with Crippen LogP contribution in [0.3, 0.4) is 0 Å². The summed E-state index contributed by atoms with van der Waals surface area (Å²) in [7, 11) is 9.92. The van der Waals surface area contributed by atoms with Crippen LogP contribution in [0.5, 0.6) is 0 Å². The highest BCUT2D eigenvalue weighted by Gasteiger charge is 2.60. The highest BCUT2D eigenvalue weighted by atomic mass is 16.5. The lowest BCUT2D eigenvalue weighted by Gasteiger charge is -2.57. The molecule has 1 heterocycles. The van der Waals surface area contributed by atoms with Gasteiger partial charge < -0.3 is 65.4 Å². The summed E-state index contributed by atoms with van der Waals surface area (Å²) in [5.41, 5.74) is 1.82. The maximum Gasteiger partial charge on any atom is 0.305 e. The number of carbonyl (C=O) groups is 13. The summed E-state index contributed by atoms with van der Waals surface area (Å²) in [6.45, 7) is 36.0. The fraction of sp³-hybridized carbons (Fsp3) is 0.798. The standard InChI is InChI=1S/C62H111N11O12.C22H32O3/c1-25-27-28-40(15)52(75)51-56(79)65-43(26-2)58(81)67(18)33-48(74)68(19)44(29-34(3)4)55(78)66-49(38(11)12)61(84)69(20)45(30-35(5)6)54(77)63-41(16)53(76)64-42(17)57(80)70(21)46(31-36(7)8)59(82)71(22)47(32-37(9)10)60(83)72(23)50(39(13)14)62(85)73(51)24;1-4-20(24)25-19-8-7-17-16-6-5-14-13-15(23)9-11-21(14,2)18(16)10-12-22(17,19)3/h25,27,34-47,49-52,75H,26,28-33H2,1-24H3,(H,63,77)(H,64,76)(H,65,79)(H,66,78);13,16-19H,4-12H2,1-3H3. The van der Waals surface area contributed by atoms with Crippen molar-refractivity contribution in [3.8, 4) is 0 Å². The molecule has 0 radical (unpaired) electrons. The van der Waals surface area contributed by atoms with Gasteiger partial charge in [0, 0.05) is 67.6 Å². The number of nitrogens with zero attached hydrogens (tertiary/aromatic N) is 7. The van der Waals surface area contributed by atoms with Crippen LogP contribution in [0.4, 0.5) is 0 Å². The molecule has 11 amide bonds. The smallest absolute Gasteiger partial charge is 0.305 e. The minimum absolute atomic E-state index is 0.0229. The number of aliphatic hydroxyl groups excluding tert-OH is 1. The van der Waals surface area contributed by atoms with Gasteiger partial charge >= 0.3 is 5.97 Å². The molecular formula is C84H143N11O15. The summed E-state index contributed by atoms with van der Waals surface area (Å²) in [6, 6.07) is -12.3. The first-order valence-corrected chi connectivity index (χ1v) is 40.9. The van der Waals surface area contributed by atoms with Crippen LogP contribution in [0, 0.1) is 70.0 Å². The van der Waals surface area contributed by atoms with Crippen molar-refractivity contribution in [2.75, 3.05) is 55.9 Å². The summed E-state index contributed by atoms with van der Waals surface area (Å²) < 4.78 is 5.86. The Morgan fingerprint density at radius 3 is 1.55 bits per heavy atom. The average Bonchev–Trinajstić information content (AvgIpc) is 1.44. The van der Waals surface area contributed by atoms with Gasteiger partial charge in [0.05, 0.1) is 12.6 Å². The van der Waals surface area contributed by atoms with Crippen molar-refractivity contribution in [2.24, 2.45) is 70.0 Å². The molecule has 3 saturated carbocycles. The second-order valence-corrected chi connectivity index (χ2v) is 35.5. The zero-order valence-electron chi connectivity index (χ0n) is 72.0. The van der Waals surface area contributed by atoms with Gasteiger partial charge in [-0.05, 0) is 175 Å². The quantitative estimate of drug-likeness (QED) is 0.0678. The molecule has 5 rings (SSSR count). The van der Waals surface area contributed by atoms with Crippen molar-refractivity contribution in [1.29, 1.82) is 0 Å². The predicted molar refractivity (Wildman–Crippen MR) is 425 cm³/mol. The molecule has 0 aromatic carbocycles. The normalized spacial score (nSPS) is 31.2. The highest BCUT2D eigenvalue weighted by molar-refractivity contribution is 6.00. The fourth-order valence-electron chi connectivity index (χ4n) is 17.6. The van der Waals surface area contributed by atoms with Gasteiger partial charge in [0.25, 0.3) is 0 Å².